The van der Waals surface area contributed by atoms with Crippen molar-refractivity contribution in [3.8, 4) is 17.5 Å². The van der Waals surface area contributed by atoms with Gasteiger partial charge in [0.25, 0.3) is 11.2 Å². The number of hydrogen-bond donors (Lipinski definition) is 0. The Hall–Kier alpha value is -4.23. The molecule has 0 amide bonds. The molecule has 192 valence electrons. The van der Waals surface area contributed by atoms with Gasteiger partial charge in [-0.05, 0) is 48.9 Å². The Morgan fingerprint density at radius 2 is 1.86 bits per heavy atom. The van der Waals surface area contributed by atoms with E-state index in [1.54, 1.807) is 76.2 Å². The Morgan fingerprint density at radius 3 is 2.38 bits per heavy atom. The van der Waals surface area contributed by atoms with Gasteiger partial charge in [0, 0.05) is 25.6 Å². The second kappa shape index (κ2) is 10.8. The van der Waals surface area contributed by atoms with Crippen LogP contribution in [0.5, 0.6) is 5.75 Å². The van der Waals surface area contributed by atoms with Crippen molar-refractivity contribution in [3.05, 3.63) is 77.7 Å². The molecule has 0 saturated carbocycles. The molecule has 0 aliphatic rings. The molecule has 0 unspecified atom stereocenters. The first-order valence-electron chi connectivity index (χ1n) is 11.5. The quantitative estimate of drug-likeness (QED) is 0.346. The molecule has 0 radical (unpaired) electrons. The molecule has 0 bridgehead atoms. The minimum atomic E-state index is -0.846. The van der Waals surface area contributed by atoms with Gasteiger partial charge >= 0.3 is 0 Å². The van der Waals surface area contributed by atoms with Gasteiger partial charge in [-0.15, -0.1) is 11.3 Å². The predicted molar refractivity (Wildman–Crippen MR) is 145 cm³/mol. The minimum Gasteiger partial charge on any atom is -0.494 e. The summed E-state index contributed by atoms with van der Waals surface area (Å²) < 4.78 is 7.24. The molecule has 0 aliphatic carbocycles. The molecule has 0 spiro atoms. The van der Waals surface area contributed by atoms with Crippen molar-refractivity contribution in [3.63, 3.8) is 0 Å². The lowest BCUT2D eigenvalue weighted by Gasteiger charge is -2.15. The molecule has 0 fully saturated rings. The number of ketones is 1. The molecule has 10 heteroatoms. The van der Waals surface area contributed by atoms with Crippen LogP contribution in [-0.2, 0) is 4.79 Å². The Kier molecular flexibility index (Phi) is 7.99. The Morgan fingerprint density at radius 1 is 1.22 bits per heavy atom. The van der Waals surface area contributed by atoms with Gasteiger partial charge in [0.2, 0.25) is 0 Å². The average Bonchev–Trinajstić information content (AvgIpc) is 3.14. The third-order valence-electron chi connectivity index (χ3n) is 5.44. The lowest BCUT2D eigenvalue weighted by atomic mass is 9.87. The van der Waals surface area contributed by atoms with E-state index in [0.29, 0.717) is 29.3 Å². The normalized spacial score (nSPS) is 12.6. The van der Waals surface area contributed by atoms with E-state index in [0.717, 1.165) is 11.3 Å². The Bertz CT molecular complexity index is 1570. The molecule has 1 heterocycles. The summed E-state index contributed by atoms with van der Waals surface area (Å²) in [5.74, 6) is 0.222. The standard InChI is InChI=1S/C27H28N4O5S/c1-7-36-19-11-9-18(10-12-19)30-25(33)23(37-26(30)20(16-28)24(32)27(2,3)4)15-17-8-13-21(29(5)6)22(14-17)31(34)35/h8-15H,7H2,1-6H3/b23-15+,26-20-. The van der Waals surface area contributed by atoms with Gasteiger partial charge in [-0.1, -0.05) is 26.8 Å². The lowest BCUT2D eigenvalue weighted by molar-refractivity contribution is -0.384. The second-order valence-electron chi connectivity index (χ2n) is 9.45. The maximum atomic E-state index is 13.6. The van der Waals surface area contributed by atoms with Crippen LogP contribution in [0.2, 0.25) is 0 Å². The summed E-state index contributed by atoms with van der Waals surface area (Å²) in [5, 5.41) is 21.6. The number of benzene rings is 2. The van der Waals surface area contributed by atoms with Crippen molar-refractivity contribution in [1.29, 1.82) is 5.26 Å². The third kappa shape index (κ3) is 5.78. The van der Waals surface area contributed by atoms with Gasteiger partial charge in [0.05, 0.1) is 21.7 Å². The van der Waals surface area contributed by atoms with E-state index in [1.165, 1.54) is 16.7 Å². The first-order chi connectivity index (χ1) is 17.4. The molecule has 2 aromatic carbocycles. The summed E-state index contributed by atoms with van der Waals surface area (Å²) in [6, 6.07) is 13.5. The van der Waals surface area contributed by atoms with E-state index < -0.39 is 21.7 Å². The summed E-state index contributed by atoms with van der Waals surface area (Å²) >= 11 is 0.995. The summed E-state index contributed by atoms with van der Waals surface area (Å²) in [4.78, 5) is 39.6. The minimum absolute atomic E-state index is 0.102. The van der Waals surface area contributed by atoms with E-state index in [2.05, 4.69) is 0 Å². The monoisotopic (exact) mass is 520 g/mol. The average molecular weight is 521 g/mol. The highest BCUT2D eigenvalue weighted by Gasteiger charge is 2.27. The highest BCUT2D eigenvalue weighted by atomic mass is 32.1. The van der Waals surface area contributed by atoms with Gasteiger partial charge in [0.1, 0.15) is 27.7 Å². The van der Waals surface area contributed by atoms with Crippen molar-refractivity contribution in [1.82, 2.24) is 4.57 Å². The first kappa shape index (κ1) is 27.4. The zero-order chi connectivity index (χ0) is 27.5. The molecule has 3 aromatic rings. The molecule has 0 N–H and O–H groups in total. The topological polar surface area (TPSA) is 118 Å². The lowest BCUT2D eigenvalue weighted by Crippen LogP contribution is -2.33. The highest BCUT2D eigenvalue weighted by molar-refractivity contribution is 7.07. The molecular formula is C27H28N4O5S. The van der Waals surface area contributed by atoms with Crippen LogP contribution in [0.25, 0.3) is 17.3 Å². The molecular weight excluding hydrogens is 492 g/mol. The maximum absolute atomic E-state index is 13.6. The summed E-state index contributed by atoms with van der Waals surface area (Å²) in [6.45, 7) is 7.46. The van der Waals surface area contributed by atoms with Gasteiger partial charge in [-0.2, -0.15) is 5.26 Å². The van der Waals surface area contributed by atoms with E-state index in [-0.39, 0.29) is 20.5 Å². The fourth-order valence-corrected chi connectivity index (χ4v) is 4.72. The number of anilines is 1. The van der Waals surface area contributed by atoms with Gasteiger partial charge in [0.15, 0.2) is 5.78 Å². The van der Waals surface area contributed by atoms with Crippen LogP contribution in [0.1, 0.15) is 33.3 Å². The number of hydrogen-bond acceptors (Lipinski definition) is 8. The molecule has 0 saturated heterocycles. The van der Waals surface area contributed by atoms with E-state index >= 15 is 0 Å². The number of carbonyl (C=O) groups is 1. The van der Waals surface area contributed by atoms with Crippen LogP contribution in [0.15, 0.2) is 47.3 Å². The van der Waals surface area contributed by atoms with E-state index in [4.69, 9.17) is 4.74 Å². The largest absolute Gasteiger partial charge is 0.494 e. The van der Waals surface area contributed by atoms with E-state index in [1.807, 2.05) is 13.0 Å². The van der Waals surface area contributed by atoms with Gasteiger partial charge in [-0.25, -0.2) is 0 Å². The summed E-state index contributed by atoms with van der Waals surface area (Å²) in [5.41, 5.74) is -0.188. The van der Waals surface area contributed by atoms with Crippen LogP contribution < -0.4 is 24.4 Å². The van der Waals surface area contributed by atoms with Crippen LogP contribution in [-0.4, -0.2) is 36.0 Å². The fourth-order valence-electron chi connectivity index (χ4n) is 3.62. The second-order valence-corrected chi connectivity index (χ2v) is 10.5. The predicted octanol–water partition coefficient (Wildman–Crippen LogP) is 3.39. The third-order valence-corrected chi connectivity index (χ3v) is 6.53. The number of nitro benzene ring substituents is 1. The zero-order valence-corrected chi connectivity index (χ0v) is 22.4. The number of rotatable bonds is 7. The van der Waals surface area contributed by atoms with Gasteiger partial charge < -0.3 is 9.64 Å². The van der Waals surface area contributed by atoms with Crippen molar-refractivity contribution in [2.75, 3.05) is 25.6 Å². The SMILES string of the molecule is CCOc1ccc(-n2c(=O)/c(=C\c3ccc(N(C)C)c([N+](=O)[O-])c3)s/c2=C(/C#N)C(=O)C(C)(C)C)cc1. The number of carbonyl (C=O) groups excluding carboxylic acids is 1. The molecule has 1 aromatic heterocycles. The molecule has 0 aliphatic heterocycles. The summed E-state index contributed by atoms with van der Waals surface area (Å²) in [7, 11) is 3.41. The smallest absolute Gasteiger partial charge is 0.293 e. The first-order valence-corrected chi connectivity index (χ1v) is 12.3. The Labute approximate surface area is 218 Å². The van der Waals surface area contributed by atoms with Crippen LogP contribution >= 0.6 is 11.3 Å². The number of aromatic nitrogens is 1. The number of ether oxygens (including phenoxy) is 1. The fraction of sp³-hybridized carbons (Fsp3) is 0.296. The van der Waals surface area contributed by atoms with Crippen molar-refractivity contribution < 1.29 is 14.5 Å². The highest BCUT2D eigenvalue weighted by Crippen LogP contribution is 2.28. The maximum Gasteiger partial charge on any atom is 0.293 e. The zero-order valence-electron chi connectivity index (χ0n) is 21.6. The Balaban J connectivity index is 2.38. The number of Topliss-reactive ketones (excluding diaryl/α,β-unsaturated/α-hetero) is 1. The number of nitro groups is 1. The number of thiazole rings is 1. The van der Waals surface area contributed by atoms with E-state index in [9.17, 15) is 25.0 Å². The molecule has 37 heavy (non-hydrogen) atoms. The van der Waals surface area contributed by atoms with Crippen molar-refractivity contribution in [2.45, 2.75) is 27.7 Å². The molecule has 0 atom stereocenters. The molecule has 3 rings (SSSR count). The molecule has 9 nitrogen and oxygen atoms in total. The van der Waals surface area contributed by atoms with Gasteiger partial charge in [-0.3, -0.25) is 24.3 Å². The van der Waals surface area contributed by atoms with Crippen molar-refractivity contribution >= 4 is 40.1 Å². The number of nitrogens with zero attached hydrogens (tertiary/aromatic N) is 4. The number of nitriles is 1. The van der Waals surface area contributed by atoms with Crippen LogP contribution in [0.4, 0.5) is 11.4 Å². The summed E-state index contributed by atoms with van der Waals surface area (Å²) in [6.07, 6.45) is 1.53. The van der Waals surface area contributed by atoms with Crippen LogP contribution in [0, 0.1) is 26.9 Å². The van der Waals surface area contributed by atoms with Crippen LogP contribution in [0.3, 0.4) is 0 Å². The van der Waals surface area contributed by atoms with Crippen molar-refractivity contribution in [2.24, 2.45) is 5.41 Å².